The number of carbonyl (C=O) groups is 1. The van der Waals surface area contributed by atoms with Crippen molar-refractivity contribution in [3.05, 3.63) is 18.2 Å². The van der Waals surface area contributed by atoms with Gasteiger partial charge in [-0.2, -0.15) is 0 Å². The molecule has 3 aliphatic heterocycles. The zero-order valence-electron chi connectivity index (χ0n) is 15.2. The number of rotatable bonds is 2. The number of piperidine rings is 1. The Balaban J connectivity index is 1.34. The lowest BCUT2D eigenvalue weighted by Crippen LogP contribution is -2.52. The number of likely N-dealkylation sites (tertiary alicyclic amines) is 1. The van der Waals surface area contributed by atoms with Crippen molar-refractivity contribution in [2.45, 2.75) is 37.4 Å². The van der Waals surface area contributed by atoms with Crippen molar-refractivity contribution < 1.29 is 23.7 Å². The number of ether oxygens (including phenoxy) is 4. The molecule has 3 heterocycles. The van der Waals surface area contributed by atoms with E-state index in [2.05, 4.69) is 5.32 Å². The van der Waals surface area contributed by atoms with E-state index >= 15 is 0 Å². The maximum absolute atomic E-state index is 12.6. The summed E-state index contributed by atoms with van der Waals surface area (Å²) in [6.07, 6.45) is 3.83. The average molecular weight is 362 g/mol. The minimum absolute atomic E-state index is 0.0874. The van der Waals surface area contributed by atoms with Crippen LogP contribution in [-0.2, 0) is 9.47 Å². The molecule has 1 atom stereocenters. The van der Waals surface area contributed by atoms with Crippen LogP contribution in [-0.4, -0.2) is 62.7 Å². The van der Waals surface area contributed by atoms with Crippen LogP contribution in [0.25, 0.3) is 0 Å². The monoisotopic (exact) mass is 362 g/mol. The lowest BCUT2D eigenvalue weighted by atomic mass is 9.83. The first-order valence-corrected chi connectivity index (χ1v) is 9.30. The molecule has 0 radical (unpaired) electrons. The normalized spacial score (nSPS) is 24.3. The zero-order chi connectivity index (χ0) is 18.0. The van der Waals surface area contributed by atoms with E-state index in [1.807, 2.05) is 23.1 Å². The number of nitrogens with one attached hydrogen (secondary N) is 1. The molecule has 142 valence electrons. The molecule has 0 aromatic heterocycles. The van der Waals surface area contributed by atoms with E-state index in [0.29, 0.717) is 37.7 Å². The zero-order valence-corrected chi connectivity index (χ0v) is 15.2. The van der Waals surface area contributed by atoms with Crippen LogP contribution in [0, 0.1) is 0 Å². The second kappa shape index (κ2) is 7.32. The number of amides is 2. The molecule has 1 unspecified atom stereocenters. The summed E-state index contributed by atoms with van der Waals surface area (Å²) in [6.45, 7) is 3.20. The van der Waals surface area contributed by atoms with Gasteiger partial charge in [0, 0.05) is 45.0 Å². The standard InChI is InChI=1S/C19H26N2O5/c1-23-15-4-9-26-19(13-15)5-7-21(8-6-19)18(22)20-14-2-3-16-17(12-14)25-11-10-24-16/h2-3,12,15H,4-11,13H2,1H3,(H,20,22). The van der Waals surface area contributed by atoms with E-state index in [4.69, 9.17) is 18.9 Å². The third kappa shape index (κ3) is 3.59. The fourth-order valence-electron chi connectivity index (χ4n) is 3.97. The third-order valence-electron chi connectivity index (χ3n) is 5.54. The number of anilines is 1. The summed E-state index contributed by atoms with van der Waals surface area (Å²) < 4.78 is 22.7. The lowest BCUT2D eigenvalue weighted by molar-refractivity contribution is -0.145. The highest BCUT2D eigenvalue weighted by molar-refractivity contribution is 5.89. The Hall–Kier alpha value is -1.99. The third-order valence-corrected chi connectivity index (χ3v) is 5.54. The van der Waals surface area contributed by atoms with E-state index in [-0.39, 0.29) is 17.7 Å². The summed E-state index contributed by atoms with van der Waals surface area (Å²) in [6, 6.07) is 5.39. The number of carbonyl (C=O) groups excluding carboxylic acids is 1. The average Bonchev–Trinajstić information content (AvgIpc) is 2.68. The summed E-state index contributed by atoms with van der Waals surface area (Å²) in [5, 5.41) is 2.96. The molecule has 0 bridgehead atoms. The highest BCUT2D eigenvalue weighted by Gasteiger charge is 2.41. The minimum atomic E-state index is -0.132. The second-order valence-corrected chi connectivity index (χ2v) is 7.16. The van der Waals surface area contributed by atoms with Gasteiger partial charge in [0.2, 0.25) is 0 Å². The van der Waals surface area contributed by atoms with Gasteiger partial charge in [-0.1, -0.05) is 0 Å². The van der Waals surface area contributed by atoms with Crippen molar-refractivity contribution in [2.24, 2.45) is 0 Å². The Morgan fingerprint density at radius 1 is 1.19 bits per heavy atom. The van der Waals surface area contributed by atoms with E-state index in [1.165, 1.54) is 0 Å². The topological polar surface area (TPSA) is 69.3 Å². The Bertz CT molecular complexity index is 657. The number of benzene rings is 1. The summed E-state index contributed by atoms with van der Waals surface area (Å²) >= 11 is 0. The van der Waals surface area contributed by atoms with Crippen molar-refractivity contribution in [2.75, 3.05) is 45.3 Å². The molecule has 2 amide bonds. The fraction of sp³-hybridized carbons (Fsp3) is 0.632. The van der Waals surface area contributed by atoms with E-state index < -0.39 is 0 Å². The quantitative estimate of drug-likeness (QED) is 0.876. The molecule has 4 rings (SSSR count). The van der Waals surface area contributed by atoms with Gasteiger partial charge in [0.1, 0.15) is 13.2 Å². The molecule has 2 saturated heterocycles. The van der Waals surface area contributed by atoms with Crippen molar-refractivity contribution in [3.8, 4) is 11.5 Å². The van der Waals surface area contributed by atoms with Gasteiger partial charge < -0.3 is 29.2 Å². The van der Waals surface area contributed by atoms with E-state index in [0.717, 1.165) is 38.0 Å². The number of hydrogen-bond acceptors (Lipinski definition) is 5. The SMILES string of the molecule is COC1CCOC2(CCN(C(=O)Nc3ccc4c(c3)OCCO4)CC2)C1. The molecule has 7 heteroatoms. The molecule has 1 spiro atoms. The maximum Gasteiger partial charge on any atom is 0.321 e. The molecule has 1 aromatic rings. The molecular formula is C19H26N2O5. The molecule has 1 N–H and O–H groups in total. The highest BCUT2D eigenvalue weighted by atomic mass is 16.6. The highest BCUT2D eigenvalue weighted by Crippen LogP contribution is 2.36. The molecule has 3 aliphatic rings. The molecule has 2 fully saturated rings. The van der Waals surface area contributed by atoms with Crippen molar-refractivity contribution in [1.82, 2.24) is 4.90 Å². The van der Waals surface area contributed by atoms with Gasteiger partial charge in [0.05, 0.1) is 11.7 Å². The number of fused-ring (bicyclic) bond motifs is 1. The Morgan fingerprint density at radius 2 is 1.96 bits per heavy atom. The van der Waals surface area contributed by atoms with Crippen LogP contribution in [0.2, 0.25) is 0 Å². The van der Waals surface area contributed by atoms with Gasteiger partial charge in [0.25, 0.3) is 0 Å². The predicted molar refractivity (Wildman–Crippen MR) is 96.0 cm³/mol. The van der Waals surface area contributed by atoms with Crippen LogP contribution >= 0.6 is 0 Å². The Labute approximate surface area is 153 Å². The van der Waals surface area contributed by atoms with Gasteiger partial charge in [-0.05, 0) is 31.4 Å². The van der Waals surface area contributed by atoms with E-state index in [1.54, 1.807) is 7.11 Å². The van der Waals surface area contributed by atoms with Crippen molar-refractivity contribution >= 4 is 11.7 Å². The first kappa shape index (κ1) is 17.4. The smallest absolute Gasteiger partial charge is 0.321 e. The van der Waals surface area contributed by atoms with Gasteiger partial charge in [-0.25, -0.2) is 4.79 Å². The minimum Gasteiger partial charge on any atom is -0.486 e. The van der Waals surface area contributed by atoms with Crippen LogP contribution in [0.1, 0.15) is 25.7 Å². The summed E-state index contributed by atoms with van der Waals surface area (Å²) in [5.41, 5.74) is 0.583. The molecule has 26 heavy (non-hydrogen) atoms. The van der Waals surface area contributed by atoms with Crippen molar-refractivity contribution in [1.29, 1.82) is 0 Å². The van der Waals surface area contributed by atoms with E-state index in [9.17, 15) is 4.79 Å². The second-order valence-electron chi connectivity index (χ2n) is 7.16. The Morgan fingerprint density at radius 3 is 2.73 bits per heavy atom. The summed E-state index contributed by atoms with van der Waals surface area (Å²) in [5.74, 6) is 1.39. The van der Waals surface area contributed by atoms with Gasteiger partial charge in [0.15, 0.2) is 11.5 Å². The summed E-state index contributed by atoms with van der Waals surface area (Å²) in [7, 11) is 1.76. The Kier molecular flexibility index (Phi) is 4.91. The predicted octanol–water partition coefficient (Wildman–Crippen LogP) is 2.65. The summed E-state index contributed by atoms with van der Waals surface area (Å²) in [4.78, 5) is 14.5. The van der Waals surface area contributed by atoms with Gasteiger partial charge >= 0.3 is 6.03 Å². The van der Waals surface area contributed by atoms with Crippen LogP contribution < -0.4 is 14.8 Å². The van der Waals surface area contributed by atoms with Crippen LogP contribution in [0.15, 0.2) is 18.2 Å². The van der Waals surface area contributed by atoms with Crippen LogP contribution in [0.3, 0.4) is 0 Å². The number of methoxy groups -OCH3 is 1. The first-order chi connectivity index (χ1) is 12.7. The number of urea groups is 1. The number of nitrogens with zero attached hydrogens (tertiary/aromatic N) is 1. The maximum atomic E-state index is 12.6. The van der Waals surface area contributed by atoms with Crippen LogP contribution in [0.4, 0.5) is 10.5 Å². The van der Waals surface area contributed by atoms with Gasteiger partial charge in [-0.3, -0.25) is 0 Å². The van der Waals surface area contributed by atoms with Gasteiger partial charge in [-0.15, -0.1) is 0 Å². The van der Waals surface area contributed by atoms with Crippen molar-refractivity contribution in [3.63, 3.8) is 0 Å². The molecule has 0 saturated carbocycles. The molecule has 7 nitrogen and oxygen atoms in total. The lowest BCUT2D eigenvalue weighted by Gasteiger charge is -2.45. The molecule has 0 aliphatic carbocycles. The van der Waals surface area contributed by atoms with Crippen LogP contribution in [0.5, 0.6) is 11.5 Å². The molecular weight excluding hydrogens is 336 g/mol. The molecule has 1 aromatic carbocycles. The number of hydrogen-bond donors (Lipinski definition) is 1. The fourth-order valence-corrected chi connectivity index (χ4v) is 3.97. The first-order valence-electron chi connectivity index (χ1n) is 9.30. The largest absolute Gasteiger partial charge is 0.486 e.